The van der Waals surface area contributed by atoms with Gasteiger partial charge in [0.25, 0.3) is 0 Å². The quantitative estimate of drug-likeness (QED) is 0.511. The molecule has 0 atom stereocenters. The highest BCUT2D eigenvalue weighted by atomic mass is 16.5. The van der Waals surface area contributed by atoms with Crippen molar-refractivity contribution in [1.82, 2.24) is 0 Å². The van der Waals surface area contributed by atoms with E-state index in [4.69, 9.17) is 14.6 Å². The minimum Gasteiger partial charge on any atom is -0.396 e. The molecule has 0 rings (SSSR count). The summed E-state index contributed by atoms with van der Waals surface area (Å²) < 4.78 is 10.6. The summed E-state index contributed by atoms with van der Waals surface area (Å²) in [6.07, 6.45) is 6.98. The number of ether oxygens (including phenoxy) is 2. The molecule has 0 saturated heterocycles. The molecular formula is C12H26O3. The summed E-state index contributed by atoms with van der Waals surface area (Å²) in [7, 11) is 0. The number of unbranched alkanes of at least 4 members (excludes halogenated alkanes) is 5. The molecule has 15 heavy (non-hydrogen) atoms. The summed E-state index contributed by atoms with van der Waals surface area (Å²) in [6.45, 7) is 5.39. The Hall–Kier alpha value is -0.120. The maximum absolute atomic E-state index is 8.58. The van der Waals surface area contributed by atoms with Crippen LogP contribution >= 0.6 is 0 Å². The van der Waals surface area contributed by atoms with E-state index >= 15 is 0 Å². The number of hydrogen-bond donors (Lipinski definition) is 1. The number of aliphatic hydroxyl groups excluding tert-OH is 1. The summed E-state index contributed by atoms with van der Waals surface area (Å²) in [5, 5.41) is 8.58. The minimum atomic E-state index is 0.334. The molecule has 0 spiro atoms. The lowest BCUT2D eigenvalue weighted by molar-refractivity contribution is 0.0512. The lowest BCUT2D eigenvalue weighted by Gasteiger charge is -2.04. The third-order valence-corrected chi connectivity index (χ3v) is 2.27. The van der Waals surface area contributed by atoms with Crippen LogP contribution in [0.15, 0.2) is 0 Å². The van der Waals surface area contributed by atoms with Crippen LogP contribution in [0.1, 0.15) is 45.4 Å². The second-order valence-electron chi connectivity index (χ2n) is 3.65. The van der Waals surface area contributed by atoms with Gasteiger partial charge < -0.3 is 14.6 Å². The van der Waals surface area contributed by atoms with Crippen LogP contribution < -0.4 is 0 Å². The van der Waals surface area contributed by atoms with E-state index in [1.54, 1.807) is 0 Å². The zero-order chi connectivity index (χ0) is 11.2. The van der Waals surface area contributed by atoms with Crippen molar-refractivity contribution in [1.29, 1.82) is 0 Å². The van der Waals surface area contributed by atoms with Crippen LogP contribution in [0.25, 0.3) is 0 Å². The van der Waals surface area contributed by atoms with Crippen LogP contribution in [-0.4, -0.2) is 38.1 Å². The fourth-order valence-corrected chi connectivity index (χ4v) is 1.39. The molecule has 0 bridgehead atoms. The Kier molecular flexibility index (Phi) is 13.8. The lowest BCUT2D eigenvalue weighted by atomic mass is 10.1. The predicted octanol–water partition coefficient (Wildman–Crippen LogP) is 2.37. The molecule has 0 fully saturated rings. The van der Waals surface area contributed by atoms with Crippen LogP contribution in [-0.2, 0) is 9.47 Å². The van der Waals surface area contributed by atoms with E-state index < -0.39 is 0 Å². The summed E-state index contributed by atoms with van der Waals surface area (Å²) in [6, 6.07) is 0. The van der Waals surface area contributed by atoms with Crippen LogP contribution in [0.4, 0.5) is 0 Å². The zero-order valence-corrected chi connectivity index (χ0v) is 10.0. The van der Waals surface area contributed by atoms with Gasteiger partial charge in [0.05, 0.1) is 13.2 Å². The standard InChI is InChI=1S/C12H26O3/c1-2-14-11-12-15-10-8-6-4-3-5-7-9-13/h13H,2-12H2,1H3. The van der Waals surface area contributed by atoms with Crippen molar-refractivity contribution in [3.8, 4) is 0 Å². The number of rotatable bonds is 12. The Morgan fingerprint density at radius 1 is 0.733 bits per heavy atom. The van der Waals surface area contributed by atoms with Gasteiger partial charge in [-0.05, 0) is 19.8 Å². The number of aliphatic hydroxyl groups is 1. The van der Waals surface area contributed by atoms with Crippen molar-refractivity contribution >= 4 is 0 Å². The van der Waals surface area contributed by atoms with Crippen molar-refractivity contribution in [3.05, 3.63) is 0 Å². The third-order valence-electron chi connectivity index (χ3n) is 2.27. The maximum atomic E-state index is 8.58. The van der Waals surface area contributed by atoms with Gasteiger partial charge in [0.1, 0.15) is 0 Å². The Morgan fingerprint density at radius 2 is 1.33 bits per heavy atom. The minimum absolute atomic E-state index is 0.334. The highest BCUT2D eigenvalue weighted by molar-refractivity contribution is 4.44. The van der Waals surface area contributed by atoms with Crippen LogP contribution in [0.5, 0.6) is 0 Å². The van der Waals surface area contributed by atoms with Crippen molar-refractivity contribution in [2.45, 2.75) is 45.4 Å². The molecule has 0 aromatic carbocycles. The summed E-state index contributed by atoms with van der Waals surface area (Å²) in [5.74, 6) is 0. The highest BCUT2D eigenvalue weighted by Crippen LogP contribution is 2.04. The van der Waals surface area contributed by atoms with Gasteiger partial charge in [-0.3, -0.25) is 0 Å². The molecule has 0 aromatic rings. The first-order valence-corrected chi connectivity index (χ1v) is 6.18. The van der Waals surface area contributed by atoms with Crippen molar-refractivity contribution in [2.75, 3.05) is 33.0 Å². The van der Waals surface area contributed by atoms with Crippen molar-refractivity contribution < 1.29 is 14.6 Å². The van der Waals surface area contributed by atoms with Gasteiger partial charge in [0.15, 0.2) is 0 Å². The van der Waals surface area contributed by atoms with Gasteiger partial charge in [-0.25, -0.2) is 0 Å². The summed E-state index contributed by atoms with van der Waals surface area (Å²) in [4.78, 5) is 0. The normalized spacial score (nSPS) is 10.8. The Balaban J connectivity index is 2.81. The Morgan fingerprint density at radius 3 is 2.00 bits per heavy atom. The molecule has 0 unspecified atom stereocenters. The topological polar surface area (TPSA) is 38.7 Å². The lowest BCUT2D eigenvalue weighted by Crippen LogP contribution is -2.04. The molecule has 3 nitrogen and oxygen atoms in total. The number of hydrogen-bond acceptors (Lipinski definition) is 3. The molecule has 0 saturated carbocycles. The Labute approximate surface area is 93.8 Å². The molecule has 3 heteroatoms. The molecule has 0 aliphatic heterocycles. The first-order valence-electron chi connectivity index (χ1n) is 6.18. The second kappa shape index (κ2) is 13.9. The average Bonchev–Trinajstić information content (AvgIpc) is 2.26. The molecule has 0 radical (unpaired) electrons. The third kappa shape index (κ3) is 13.9. The van der Waals surface area contributed by atoms with E-state index in [-0.39, 0.29) is 0 Å². The van der Waals surface area contributed by atoms with Crippen LogP contribution in [0, 0.1) is 0 Å². The fraction of sp³-hybridized carbons (Fsp3) is 1.00. The van der Waals surface area contributed by atoms with E-state index in [0.717, 1.165) is 39.1 Å². The molecular weight excluding hydrogens is 192 g/mol. The Bertz CT molecular complexity index is 95.0. The average molecular weight is 218 g/mol. The fourth-order valence-electron chi connectivity index (χ4n) is 1.39. The smallest absolute Gasteiger partial charge is 0.0700 e. The van der Waals surface area contributed by atoms with Gasteiger partial charge in [0.2, 0.25) is 0 Å². The van der Waals surface area contributed by atoms with E-state index in [0.29, 0.717) is 13.2 Å². The van der Waals surface area contributed by atoms with Crippen LogP contribution in [0.2, 0.25) is 0 Å². The molecule has 1 N–H and O–H groups in total. The molecule has 92 valence electrons. The molecule has 0 heterocycles. The largest absolute Gasteiger partial charge is 0.396 e. The van der Waals surface area contributed by atoms with Gasteiger partial charge in [-0.2, -0.15) is 0 Å². The van der Waals surface area contributed by atoms with E-state index in [1.165, 1.54) is 19.3 Å². The van der Waals surface area contributed by atoms with Crippen molar-refractivity contribution in [2.24, 2.45) is 0 Å². The van der Waals surface area contributed by atoms with E-state index in [1.807, 2.05) is 6.92 Å². The molecule has 0 aliphatic carbocycles. The monoisotopic (exact) mass is 218 g/mol. The van der Waals surface area contributed by atoms with Crippen LogP contribution in [0.3, 0.4) is 0 Å². The van der Waals surface area contributed by atoms with E-state index in [9.17, 15) is 0 Å². The van der Waals surface area contributed by atoms with E-state index in [2.05, 4.69) is 0 Å². The van der Waals surface area contributed by atoms with Crippen molar-refractivity contribution in [3.63, 3.8) is 0 Å². The molecule has 0 amide bonds. The van der Waals surface area contributed by atoms with Gasteiger partial charge in [0, 0.05) is 19.8 Å². The van der Waals surface area contributed by atoms with Gasteiger partial charge in [-0.1, -0.05) is 25.7 Å². The highest BCUT2D eigenvalue weighted by Gasteiger charge is 1.92. The first kappa shape index (κ1) is 14.9. The first-order chi connectivity index (χ1) is 7.41. The van der Waals surface area contributed by atoms with Gasteiger partial charge in [-0.15, -0.1) is 0 Å². The predicted molar refractivity (Wildman–Crippen MR) is 62.1 cm³/mol. The zero-order valence-electron chi connectivity index (χ0n) is 10.0. The second-order valence-corrected chi connectivity index (χ2v) is 3.65. The maximum Gasteiger partial charge on any atom is 0.0700 e. The SMILES string of the molecule is CCOCCOCCCCCCCCO. The summed E-state index contributed by atoms with van der Waals surface area (Å²) >= 11 is 0. The molecule has 0 aromatic heterocycles. The van der Waals surface area contributed by atoms with Gasteiger partial charge >= 0.3 is 0 Å². The summed E-state index contributed by atoms with van der Waals surface area (Å²) in [5.41, 5.74) is 0. The molecule has 0 aliphatic rings.